The minimum absolute atomic E-state index is 0.652. The number of para-hydroxylation sites is 1. The Balaban J connectivity index is 1.34. The topological polar surface area (TPSA) is 44.3 Å². The summed E-state index contributed by atoms with van der Waals surface area (Å²) in [6, 6.07) is 22.6. The molecular weight excluding hydrogens is 358 g/mol. The maximum absolute atomic E-state index is 4.75. The molecule has 5 nitrogen and oxygen atoms in total. The molecule has 3 aromatic rings. The van der Waals surface area contributed by atoms with Gasteiger partial charge in [-0.1, -0.05) is 60.7 Å². The van der Waals surface area contributed by atoms with Gasteiger partial charge in [-0.05, 0) is 24.6 Å². The summed E-state index contributed by atoms with van der Waals surface area (Å²) in [5.74, 6) is 1.65. The van der Waals surface area contributed by atoms with Crippen LogP contribution in [0.1, 0.15) is 11.3 Å². The molecule has 1 aliphatic heterocycles. The van der Waals surface area contributed by atoms with E-state index in [9.17, 15) is 0 Å². The van der Waals surface area contributed by atoms with Crippen LogP contribution >= 0.6 is 0 Å². The highest BCUT2D eigenvalue weighted by atomic mass is 15.3. The van der Waals surface area contributed by atoms with E-state index < -0.39 is 0 Å². The summed E-state index contributed by atoms with van der Waals surface area (Å²) in [5, 5.41) is 3.31. The highest BCUT2D eigenvalue weighted by Crippen LogP contribution is 2.19. The van der Waals surface area contributed by atoms with Crippen molar-refractivity contribution in [3.63, 3.8) is 0 Å². The standard InChI is InChI=1S/C24H27N5/c1-20-19-23(27-24(25-20)26-22-12-6-3-7-13-22)29-17-15-28(16-18-29)14-8-11-21-9-4-2-5-10-21/h2-13,19H,14-18H2,1H3,(H,25,26,27)/b11-8+. The Labute approximate surface area is 172 Å². The molecule has 0 aliphatic carbocycles. The molecule has 1 fully saturated rings. The Morgan fingerprint density at radius 1 is 0.897 bits per heavy atom. The summed E-state index contributed by atoms with van der Waals surface area (Å²) in [6.45, 7) is 7.01. The number of benzene rings is 2. The number of anilines is 3. The predicted octanol–water partition coefficient (Wildman–Crippen LogP) is 4.36. The van der Waals surface area contributed by atoms with Crippen molar-refractivity contribution in [2.45, 2.75) is 6.92 Å². The largest absolute Gasteiger partial charge is 0.354 e. The van der Waals surface area contributed by atoms with Crippen molar-refractivity contribution >= 4 is 23.5 Å². The molecule has 148 valence electrons. The minimum atomic E-state index is 0.652. The van der Waals surface area contributed by atoms with Crippen molar-refractivity contribution < 1.29 is 0 Å². The van der Waals surface area contributed by atoms with E-state index in [1.165, 1.54) is 5.56 Å². The van der Waals surface area contributed by atoms with Gasteiger partial charge in [0.1, 0.15) is 5.82 Å². The average molecular weight is 386 g/mol. The van der Waals surface area contributed by atoms with Crippen LogP contribution in [0.4, 0.5) is 17.5 Å². The molecule has 5 heteroatoms. The second-order valence-electron chi connectivity index (χ2n) is 7.28. The zero-order valence-electron chi connectivity index (χ0n) is 16.8. The molecule has 0 bridgehead atoms. The second-order valence-corrected chi connectivity index (χ2v) is 7.28. The van der Waals surface area contributed by atoms with E-state index in [-0.39, 0.29) is 0 Å². The van der Waals surface area contributed by atoms with Crippen molar-refractivity contribution in [1.29, 1.82) is 0 Å². The summed E-state index contributed by atoms with van der Waals surface area (Å²) >= 11 is 0. The van der Waals surface area contributed by atoms with E-state index in [1.54, 1.807) is 0 Å². The first-order valence-electron chi connectivity index (χ1n) is 10.1. The lowest BCUT2D eigenvalue weighted by molar-refractivity contribution is 0.283. The third kappa shape index (κ3) is 5.42. The van der Waals surface area contributed by atoms with Crippen LogP contribution in [0.2, 0.25) is 0 Å². The summed E-state index contributed by atoms with van der Waals surface area (Å²) in [5.41, 5.74) is 3.22. The maximum Gasteiger partial charge on any atom is 0.229 e. The highest BCUT2D eigenvalue weighted by Gasteiger charge is 2.18. The van der Waals surface area contributed by atoms with Gasteiger partial charge in [-0.25, -0.2) is 4.98 Å². The molecule has 0 spiro atoms. The molecule has 1 aromatic heterocycles. The van der Waals surface area contributed by atoms with Crippen LogP contribution in [0, 0.1) is 6.92 Å². The lowest BCUT2D eigenvalue weighted by Crippen LogP contribution is -2.46. The molecule has 1 aliphatic rings. The molecule has 2 heterocycles. The lowest BCUT2D eigenvalue weighted by Gasteiger charge is -2.35. The maximum atomic E-state index is 4.75. The van der Waals surface area contributed by atoms with E-state index in [4.69, 9.17) is 4.98 Å². The number of aromatic nitrogens is 2. The number of hydrogen-bond acceptors (Lipinski definition) is 5. The predicted molar refractivity (Wildman–Crippen MR) is 121 cm³/mol. The van der Waals surface area contributed by atoms with Gasteiger partial charge in [0.25, 0.3) is 0 Å². The number of nitrogens with zero attached hydrogens (tertiary/aromatic N) is 4. The molecule has 1 N–H and O–H groups in total. The first kappa shape index (κ1) is 19.2. The number of piperazine rings is 1. The van der Waals surface area contributed by atoms with Crippen LogP contribution in [0.25, 0.3) is 6.08 Å². The van der Waals surface area contributed by atoms with Gasteiger partial charge in [0.2, 0.25) is 5.95 Å². The van der Waals surface area contributed by atoms with Gasteiger partial charge in [0.05, 0.1) is 0 Å². The highest BCUT2D eigenvalue weighted by molar-refractivity contribution is 5.55. The van der Waals surface area contributed by atoms with Crippen LogP contribution in [-0.2, 0) is 0 Å². The monoisotopic (exact) mass is 385 g/mol. The molecule has 0 atom stereocenters. The van der Waals surface area contributed by atoms with E-state index in [1.807, 2.05) is 43.3 Å². The zero-order valence-corrected chi connectivity index (χ0v) is 16.8. The molecule has 4 rings (SSSR count). The number of rotatable bonds is 6. The van der Waals surface area contributed by atoms with Gasteiger partial charge in [-0.15, -0.1) is 0 Å². The summed E-state index contributed by atoms with van der Waals surface area (Å²) in [4.78, 5) is 14.1. The van der Waals surface area contributed by atoms with E-state index in [2.05, 4.69) is 62.6 Å². The average Bonchev–Trinajstić information content (AvgIpc) is 2.75. The zero-order chi connectivity index (χ0) is 19.9. The normalized spacial score (nSPS) is 15.0. The molecular formula is C24H27N5. The van der Waals surface area contributed by atoms with E-state index in [0.717, 1.165) is 49.9 Å². The van der Waals surface area contributed by atoms with Crippen molar-refractivity contribution in [2.75, 3.05) is 42.9 Å². The SMILES string of the molecule is Cc1cc(N2CCN(C/C=C/c3ccccc3)CC2)nc(Nc2ccccc2)n1. The van der Waals surface area contributed by atoms with Gasteiger partial charge in [0, 0.05) is 50.2 Å². The summed E-state index contributed by atoms with van der Waals surface area (Å²) in [6.07, 6.45) is 4.45. The van der Waals surface area contributed by atoms with E-state index in [0.29, 0.717) is 5.95 Å². The Bertz CT molecular complexity index is 932. The van der Waals surface area contributed by atoms with Crippen molar-refractivity contribution in [3.05, 3.63) is 84.1 Å². The number of nitrogens with one attached hydrogen (secondary N) is 1. The first-order valence-corrected chi connectivity index (χ1v) is 10.1. The molecule has 1 saturated heterocycles. The van der Waals surface area contributed by atoms with Crippen molar-refractivity contribution in [1.82, 2.24) is 14.9 Å². The first-order chi connectivity index (χ1) is 14.3. The number of aryl methyl sites for hydroxylation is 1. The van der Waals surface area contributed by atoms with Crippen LogP contribution in [0.5, 0.6) is 0 Å². The summed E-state index contributed by atoms with van der Waals surface area (Å²) in [7, 11) is 0. The quantitative estimate of drug-likeness (QED) is 0.683. The Morgan fingerprint density at radius 3 is 2.31 bits per heavy atom. The molecule has 0 amide bonds. The fourth-order valence-corrected chi connectivity index (χ4v) is 3.48. The molecule has 0 unspecified atom stereocenters. The fraction of sp³-hybridized carbons (Fsp3) is 0.250. The third-order valence-corrected chi connectivity index (χ3v) is 5.04. The fourth-order valence-electron chi connectivity index (χ4n) is 3.48. The smallest absolute Gasteiger partial charge is 0.229 e. The van der Waals surface area contributed by atoms with Crippen LogP contribution in [0.3, 0.4) is 0 Å². The van der Waals surface area contributed by atoms with Crippen molar-refractivity contribution in [3.8, 4) is 0 Å². The molecule has 29 heavy (non-hydrogen) atoms. The van der Waals surface area contributed by atoms with Crippen LogP contribution < -0.4 is 10.2 Å². The van der Waals surface area contributed by atoms with Crippen LogP contribution in [0.15, 0.2) is 72.8 Å². The van der Waals surface area contributed by atoms with Gasteiger partial charge >= 0.3 is 0 Å². The molecule has 0 saturated carbocycles. The van der Waals surface area contributed by atoms with Crippen LogP contribution in [-0.4, -0.2) is 47.6 Å². The lowest BCUT2D eigenvalue weighted by atomic mass is 10.2. The van der Waals surface area contributed by atoms with E-state index >= 15 is 0 Å². The molecule has 0 radical (unpaired) electrons. The third-order valence-electron chi connectivity index (χ3n) is 5.04. The van der Waals surface area contributed by atoms with Gasteiger partial charge < -0.3 is 10.2 Å². The Kier molecular flexibility index (Phi) is 6.17. The van der Waals surface area contributed by atoms with Gasteiger partial charge in [0.15, 0.2) is 0 Å². The van der Waals surface area contributed by atoms with Crippen molar-refractivity contribution in [2.24, 2.45) is 0 Å². The Hall–Kier alpha value is -3.18. The summed E-state index contributed by atoms with van der Waals surface area (Å²) < 4.78 is 0. The number of hydrogen-bond donors (Lipinski definition) is 1. The van der Waals surface area contributed by atoms with Gasteiger partial charge in [-0.2, -0.15) is 4.98 Å². The molecule has 2 aromatic carbocycles. The second kappa shape index (κ2) is 9.34. The van der Waals surface area contributed by atoms with Gasteiger partial charge in [-0.3, -0.25) is 4.90 Å². The Morgan fingerprint density at radius 2 is 1.59 bits per heavy atom. The minimum Gasteiger partial charge on any atom is -0.354 e.